The highest BCUT2D eigenvalue weighted by Gasteiger charge is 2.12. The van der Waals surface area contributed by atoms with Gasteiger partial charge in [-0.2, -0.15) is 0 Å². The molecule has 0 bridgehead atoms. The lowest BCUT2D eigenvalue weighted by Crippen LogP contribution is -2.30. The number of carbonyl (C=O) groups is 1. The molecule has 1 N–H and O–H groups in total. The average Bonchev–Trinajstić information content (AvgIpc) is 3.25. The van der Waals surface area contributed by atoms with Gasteiger partial charge in [-0.1, -0.05) is 56.3 Å². The monoisotopic (exact) mass is 499 g/mol. The van der Waals surface area contributed by atoms with Crippen molar-refractivity contribution < 1.29 is 14.3 Å². The number of nitrogens with zero attached hydrogens (tertiary/aromatic N) is 2. The molecule has 6 heteroatoms. The number of aryl methyl sites for hydroxylation is 3. The van der Waals surface area contributed by atoms with Gasteiger partial charge in [0.2, 0.25) is 0 Å². The highest BCUT2D eigenvalue weighted by atomic mass is 16.5. The van der Waals surface area contributed by atoms with Crippen LogP contribution in [0.4, 0.5) is 0 Å². The minimum Gasteiger partial charge on any atom is -0.493 e. The van der Waals surface area contributed by atoms with Crippen LogP contribution in [0.25, 0.3) is 11.0 Å². The van der Waals surface area contributed by atoms with E-state index >= 15 is 0 Å². The van der Waals surface area contributed by atoms with Gasteiger partial charge >= 0.3 is 0 Å². The molecule has 0 aliphatic rings. The van der Waals surface area contributed by atoms with E-state index in [1.807, 2.05) is 36.4 Å². The Kier molecular flexibility index (Phi) is 9.19. The summed E-state index contributed by atoms with van der Waals surface area (Å²) in [6, 6.07) is 24.1. The van der Waals surface area contributed by atoms with Crippen LogP contribution in [0.5, 0.6) is 11.5 Å². The molecule has 1 aromatic heterocycles. The molecule has 0 unspecified atom stereocenters. The van der Waals surface area contributed by atoms with Crippen molar-refractivity contribution in [2.24, 2.45) is 0 Å². The molecular formula is C31H37N3O3. The number of carbonyl (C=O) groups excluding carboxylic acids is 1. The number of imidazole rings is 1. The van der Waals surface area contributed by atoms with Crippen molar-refractivity contribution in [3.05, 3.63) is 89.7 Å². The van der Waals surface area contributed by atoms with Gasteiger partial charge in [-0.3, -0.25) is 4.79 Å². The van der Waals surface area contributed by atoms with E-state index in [9.17, 15) is 4.79 Å². The van der Waals surface area contributed by atoms with Crippen LogP contribution in [0.15, 0.2) is 72.8 Å². The Morgan fingerprint density at radius 3 is 2.57 bits per heavy atom. The molecule has 3 aromatic carbocycles. The summed E-state index contributed by atoms with van der Waals surface area (Å²) < 4.78 is 14.0. The lowest BCUT2D eigenvalue weighted by Gasteiger charge is -2.15. The van der Waals surface area contributed by atoms with Gasteiger partial charge in [-0.25, -0.2) is 4.98 Å². The number of hydrogen-bond donors (Lipinski definition) is 1. The van der Waals surface area contributed by atoms with Gasteiger partial charge in [0.1, 0.15) is 17.3 Å². The predicted molar refractivity (Wildman–Crippen MR) is 148 cm³/mol. The van der Waals surface area contributed by atoms with Crippen LogP contribution >= 0.6 is 0 Å². The Bertz CT molecular complexity index is 1300. The Labute approximate surface area is 219 Å². The molecule has 0 aliphatic heterocycles. The van der Waals surface area contributed by atoms with Crippen LogP contribution < -0.4 is 14.8 Å². The summed E-state index contributed by atoms with van der Waals surface area (Å²) in [5.41, 5.74) is 4.59. The largest absolute Gasteiger partial charge is 0.493 e. The average molecular weight is 500 g/mol. The van der Waals surface area contributed by atoms with Gasteiger partial charge in [0.05, 0.1) is 17.6 Å². The maximum Gasteiger partial charge on any atom is 0.257 e. The van der Waals surface area contributed by atoms with Crippen LogP contribution in [-0.4, -0.2) is 35.2 Å². The number of nitrogens with one attached hydrogen (secondary N) is 1. The van der Waals surface area contributed by atoms with E-state index in [1.54, 1.807) is 0 Å². The zero-order valence-electron chi connectivity index (χ0n) is 22.1. The molecule has 4 aromatic rings. The second kappa shape index (κ2) is 12.9. The van der Waals surface area contributed by atoms with Crippen molar-refractivity contribution in [3.63, 3.8) is 0 Å². The number of hydrogen-bond acceptors (Lipinski definition) is 4. The van der Waals surface area contributed by atoms with E-state index in [0.717, 1.165) is 48.4 Å². The summed E-state index contributed by atoms with van der Waals surface area (Å²) in [5.74, 6) is 3.02. The summed E-state index contributed by atoms with van der Waals surface area (Å²) in [6.07, 6.45) is 2.47. The fourth-order valence-electron chi connectivity index (χ4n) is 4.41. The first-order chi connectivity index (χ1) is 18.0. The maximum atomic E-state index is 12.1. The van der Waals surface area contributed by atoms with Crippen LogP contribution in [0.1, 0.15) is 49.6 Å². The Morgan fingerprint density at radius 1 is 0.973 bits per heavy atom. The third-order valence-corrected chi connectivity index (χ3v) is 6.32. The van der Waals surface area contributed by atoms with Crippen LogP contribution in [-0.2, 0) is 17.8 Å². The van der Waals surface area contributed by atoms with E-state index in [1.165, 1.54) is 11.1 Å². The third kappa shape index (κ3) is 7.35. The Balaban J connectivity index is 1.29. The SMILES string of the molecule is Cc1ccc(C(C)C)c(OCCCn2c(CCCNC(=O)COc3ccccc3)nc3ccccc32)c1. The van der Waals surface area contributed by atoms with E-state index in [4.69, 9.17) is 14.5 Å². The predicted octanol–water partition coefficient (Wildman–Crippen LogP) is 6.07. The molecule has 0 spiro atoms. The first kappa shape index (κ1) is 26.3. The van der Waals surface area contributed by atoms with Crippen LogP contribution in [0, 0.1) is 6.92 Å². The first-order valence-corrected chi connectivity index (χ1v) is 13.1. The molecular weight excluding hydrogens is 462 g/mol. The van der Waals surface area contributed by atoms with Crippen LogP contribution in [0.2, 0.25) is 0 Å². The van der Waals surface area contributed by atoms with Gasteiger partial charge in [-0.05, 0) is 67.1 Å². The number of benzene rings is 3. The number of fused-ring (bicyclic) bond motifs is 1. The van der Waals surface area contributed by atoms with E-state index in [2.05, 4.69) is 67.1 Å². The lowest BCUT2D eigenvalue weighted by atomic mass is 10.0. The molecule has 0 fully saturated rings. The zero-order chi connectivity index (χ0) is 26.0. The number of ether oxygens (including phenoxy) is 2. The summed E-state index contributed by atoms with van der Waals surface area (Å²) in [6.45, 7) is 8.55. The molecule has 0 radical (unpaired) electrons. The van der Waals surface area contributed by atoms with Crippen molar-refractivity contribution in [1.29, 1.82) is 0 Å². The fraction of sp³-hybridized carbons (Fsp3) is 0.355. The van der Waals surface area contributed by atoms with Gasteiger partial charge < -0.3 is 19.4 Å². The molecule has 0 aliphatic carbocycles. The number of para-hydroxylation sites is 3. The van der Waals surface area contributed by atoms with Crippen molar-refractivity contribution in [1.82, 2.24) is 14.9 Å². The minimum absolute atomic E-state index is 0.0159. The third-order valence-electron chi connectivity index (χ3n) is 6.32. The summed E-state index contributed by atoms with van der Waals surface area (Å²) >= 11 is 0. The standard InChI is InChI=1S/C31H37N3O3/c1-23(2)26-17-16-24(3)21-29(26)36-20-10-19-34-28-14-8-7-13-27(28)33-30(34)15-9-18-32-31(35)22-37-25-11-5-4-6-12-25/h4-8,11-14,16-17,21,23H,9-10,15,18-20,22H2,1-3H3,(H,32,35). The molecule has 0 saturated carbocycles. The second-order valence-electron chi connectivity index (χ2n) is 9.62. The van der Waals surface area contributed by atoms with E-state index in [-0.39, 0.29) is 12.5 Å². The number of amides is 1. The zero-order valence-corrected chi connectivity index (χ0v) is 22.1. The second-order valence-corrected chi connectivity index (χ2v) is 9.62. The van der Waals surface area contributed by atoms with Gasteiger partial charge in [0.25, 0.3) is 5.91 Å². The normalized spacial score (nSPS) is 11.1. The molecule has 1 heterocycles. The minimum atomic E-state index is -0.119. The molecule has 37 heavy (non-hydrogen) atoms. The van der Waals surface area contributed by atoms with Crippen LogP contribution in [0.3, 0.4) is 0 Å². The van der Waals surface area contributed by atoms with Crippen molar-refractivity contribution in [3.8, 4) is 11.5 Å². The summed E-state index contributed by atoms with van der Waals surface area (Å²) in [7, 11) is 0. The molecule has 1 amide bonds. The van der Waals surface area contributed by atoms with E-state index in [0.29, 0.717) is 24.8 Å². The van der Waals surface area contributed by atoms with Gasteiger partial charge in [0.15, 0.2) is 6.61 Å². The quantitative estimate of drug-likeness (QED) is 0.227. The lowest BCUT2D eigenvalue weighted by molar-refractivity contribution is -0.123. The molecule has 6 nitrogen and oxygen atoms in total. The van der Waals surface area contributed by atoms with Crippen molar-refractivity contribution in [2.45, 2.75) is 52.5 Å². The number of aromatic nitrogens is 2. The van der Waals surface area contributed by atoms with Gasteiger partial charge in [-0.15, -0.1) is 0 Å². The first-order valence-electron chi connectivity index (χ1n) is 13.1. The van der Waals surface area contributed by atoms with E-state index < -0.39 is 0 Å². The molecule has 0 saturated heterocycles. The Morgan fingerprint density at radius 2 is 1.76 bits per heavy atom. The van der Waals surface area contributed by atoms with Crippen molar-refractivity contribution >= 4 is 16.9 Å². The topological polar surface area (TPSA) is 65.4 Å². The van der Waals surface area contributed by atoms with Crippen molar-refractivity contribution in [2.75, 3.05) is 19.8 Å². The maximum absolute atomic E-state index is 12.1. The highest BCUT2D eigenvalue weighted by Crippen LogP contribution is 2.27. The molecule has 194 valence electrons. The number of rotatable bonds is 13. The summed E-state index contributed by atoms with van der Waals surface area (Å²) in [4.78, 5) is 17.0. The smallest absolute Gasteiger partial charge is 0.257 e. The fourth-order valence-corrected chi connectivity index (χ4v) is 4.41. The molecule has 0 atom stereocenters. The van der Waals surface area contributed by atoms with Gasteiger partial charge in [0, 0.05) is 19.5 Å². The molecule has 4 rings (SSSR count). The highest BCUT2D eigenvalue weighted by molar-refractivity contribution is 5.77. The summed E-state index contributed by atoms with van der Waals surface area (Å²) in [5, 5.41) is 2.94. The Hall–Kier alpha value is -3.80.